The van der Waals surface area contributed by atoms with Gasteiger partial charge < -0.3 is 19.5 Å². The summed E-state index contributed by atoms with van der Waals surface area (Å²) in [6.45, 7) is 7.75. The predicted octanol–water partition coefficient (Wildman–Crippen LogP) is 4.07. The minimum Gasteiger partial charge on any atom is -0.482 e. The van der Waals surface area contributed by atoms with Crippen molar-refractivity contribution in [2.24, 2.45) is 11.8 Å². The van der Waals surface area contributed by atoms with E-state index in [0.29, 0.717) is 29.3 Å². The SMILES string of the molecule is CCc1ccc2cc(-c3nc4cc(C(=O)N5CC6CNC(C6)C5)cc(OC)n4c3C)n(CC3CC3)c2n1. The monoisotopic (exact) mass is 498 g/mol. The summed E-state index contributed by atoms with van der Waals surface area (Å²) in [7, 11) is 1.66. The van der Waals surface area contributed by atoms with Crippen molar-refractivity contribution in [1.29, 1.82) is 0 Å². The van der Waals surface area contributed by atoms with Crippen LogP contribution in [0.1, 0.15) is 47.9 Å². The molecule has 4 aromatic heterocycles. The van der Waals surface area contributed by atoms with Crippen LogP contribution in [0.3, 0.4) is 0 Å². The predicted molar refractivity (Wildman–Crippen MR) is 143 cm³/mol. The van der Waals surface area contributed by atoms with Crippen LogP contribution in [-0.4, -0.2) is 62.5 Å². The number of hydrogen-bond donors (Lipinski definition) is 1. The minimum atomic E-state index is 0.0561. The number of likely N-dealkylation sites (tertiary alicyclic amines) is 1. The molecule has 2 bridgehead atoms. The van der Waals surface area contributed by atoms with Gasteiger partial charge in [0.1, 0.15) is 17.0 Å². The third-order valence-corrected chi connectivity index (χ3v) is 8.44. The van der Waals surface area contributed by atoms with Crippen LogP contribution in [0, 0.1) is 18.8 Å². The van der Waals surface area contributed by atoms with Gasteiger partial charge in [0.25, 0.3) is 5.91 Å². The fourth-order valence-corrected chi connectivity index (χ4v) is 6.28. The normalized spacial score (nSPS) is 21.3. The molecule has 7 rings (SSSR count). The van der Waals surface area contributed by atoms with Crippen LogP contribution in [0.15, 0.2) is 30.3 Å². The van der Waals surface area contributed by atoms with E-state index in [0.717, 1.165) is 72.1 Å². The minimum absolute atomic E-state index is 0.0561. The lowest BCUT2D eigenvalue weighted by atomic mass is 9.99. The number of nitrogens with zero attached hydrogens (tertiary/aromatic N) is 5. The number of aryl methyl sites for hydroxylation is 2. The Kier molecular flexibility index (Phi) is 5.29. The van der Waals surface area contributed by atoms with E-state index in [1.807, 2.05) is 21.4 Å². The van der Waals surface area contributed by atoms with E-state index < -0.39 is 0 Å². The number of pyridine rings is 2. The van der Waals surface area contributed by atoms with Gasteiger partial charge in [-0.15, -0.1) is 0 Å². The number of methoxy groups -OCH3 is 1. The molecule has 8 nitrogen and oxygen atoms in total. The first-order valence-corrected chi connectivity index (χ1v) is 13.6. The highest BCUT2D eigenvalue weighted by molar-refractivity contribution is 5.96. The quantitative estimate of drug-likeness (QED) is 0.434. The van der Waals surface area contributed by atoms with Crippen LogP contribution in [-0.2, 0) is 13.0 Å². The number of carbonyl (C=O) groups excluding carboxylic acids is 1. The number of piperidine rings is 1. The topological polar surface area (TPSA) is 76.7 Å². The van der Waals surface area contributed by atoms with Crippen molar-refractivity contribution in [3.05, 3.63) is 47.3 Å². The Hall–Kier alpha value is -3.39. The van der Waals surface area contributed by atoms with Crippen molar-refractivity contribution >= 4 is 22.6 Å². The summed E-state index contributed by atoms with van der Waals surface area (Å²) < 4.78 is 10.2. The molecule has 1 N–H and O–H groups in total. The number of aromatic nitrogens is 4. The van der Waals surface area contributed by atoms with Crippen molar-refractivity contribution < 1.29 is 9.53 Å². The zero-order chi connectivity index (χ0) is 25.3. The number of nitrogens with one attached hydrogen (secondary N) is 1. The number of fused-ring (bicyclic) bond motifs is 4. The average molecular weight is 499 g/mol. The molecule has 37 heavy (non-hydrogen) atoms. The lowest BCUT2D eigenvalue weighted by molar-refractivity contribution is 0.0691. The standard InChI is InChI=1S/C29H34N6O2/c1-4-22-8-7-20-10-24(34(28(20)31-22)15-18-5-6-18)27-17(2)35-25(32-27)11-21(12-26(35)37-3)29(36)33-14-19-9-23(16-33)30-13-19/h7-8,10-12,18-19,23,30H,4-6,9,13-16H2,1-3H3. The molecule has 0 aromatic carbocycles. The molecule has 2 unspecified atom stereocenters. The van der Waals surface area contributed by atoms with E-state index in [1.165, 1.54) is 19.3 Å². The van der Waals surface area contributed by atoms with Gasteiger partial charge in [0, 0.05) is 54.9 Å². The molecule has 1 saturated carbocycles. The van der Waals surface area contributed by atoms with Gasteiger partial charge in [-0.3, -0.25) is 9.20 Å². The van der Waals surface area contributed by atoms with Crippen molar-refractivity contribution in [1.82, 2.24) is 29.2 Å². The zero-order valence-corrected chi connectivity index (χ0v) is 21.8. The number of ether oxygens (including phenoxy) is 1. The van der Waals surface area contributed by atoms with E-state index in [-0.39, 0.29) is 5.91 Å². The molecule has 6 heterocycles. The van der Waals surface area contributed by atoms with Crippen LogP contribution >= 0.6 is 0 Å². The van der Waals surface area contributed by atoms with E-state index in [1.54, 1.807) is 7.11 Å². The molecule has 1 amide bonds. The number of rotatable bonds is 6. The number of amides is 1. The van der Waals surface area contributed by atoms with Gasteiger partial charge in [0.05, 0.1) is 18.5 Å². The molecule has 0 spiro atoms. The Morgan fingerprint density at radius 2 is 2.03 bits per heavy atom. The second-order valence-electron chi connectivity index (χ2n) is 11.1. The number of carbonyl (C=O) groups is 1. The highest BCUT2D eigenvalue weighted by Gasteiger charge is 2.35. The Morgan fingerprint density at radius 3 is 2.78 bits per heavy atom. The molecular weight excluding hydrogens is 464 g/mol. The fraction of sp³-hybridized carbons (Fsp3) is 0.483. The fourth-order valence-electron chi connectivity index (χ4n) is 6.28. The highest BCUT2D eigenvalue weighted by Crippen LogP contribution is 2.37. The second kappa shape index (κ2) is 8.58. The Labute approximate surface area is 216 Å². The van der Waals surface area contributed by atoms with Gasteiger partial charge in [0.2, 0.25) is 0 Å². The Morgan fingerprint density at radius 1 is 1.16 bits per heavy atom. The molecule has 2 atom stereocenters. The third kappa shape index (κ3) is 3.81. The van der Waals surface area contributed by atoms with Crippen molar-refractivity contribution in [2.45, 2.75) is 52.1 Å². The summed E-state index contributed by atoms with van der Waals surface area (Å²) in [5.74, 6) is 1.93. The van der Waals surface area contributed by atoms with Crippen LogP contribution in [0.2, 0.25) is 0 Å². The Balaban J connectivity index is 1.34. The van der Waals surface area contributed by atoms with Crippen molar-refractivity contribution in [3.63, 3.8) is 0 Å². The van der Waals surface area contributed by atoms with Gasteiger partial charge in [-0.05, 0) is 68.7 Å². The smallest absolute Gasteiger partial charge is 0.254 e. The lowest BCUT2D eigenvalue weighted by Crippen LogP contribution is -2.44. The van der Waals surface area contributed by atoms with Gasteiger partial charge in [-0.25, -0.2) is 9.97 Å². The first kappa shape index (κ1) is 22.8. The molecule has 192 valence electrons. The summed E-state index contributed by atoms with van der Waals surface area (Å²) in [5.41, 5.74) is 6.51. The maximum absolute atomic E-state index is 13.5. The maximum atomic E-state index is 13.5. The molecule has 2 saturated heterocycles. The average Bonchev–Trinajstić information content (AvgIpc) is 3.47. The highest BCUT2D eigenvalue weighted by atomic mass is 16.5. The molecule has 3 aliphatic rings. The maximum Gasteiger partial charge on any atom is 0.254 e. The van der Waals surface area contributed by atoms with Crippen LogP contribution in [0.25, 0.3) is 28.1 Å². The summed E-state index contributed by atoms with van der Waals surface area (Å²) in [5, 5.41) is 4.67. The first-order chi connectivity index (χ1) is 18.0. The third-order valence-electron chi connectivity index (χ3n) is 8.44. The molecule has 0 radical (unpaired) electrons. The van der Waals surface area contributed by atoms with Gasteiger partial charge >= 0.3 is 0 Å². The molecule has 8 heteroatoms. The largest absolute Gasteiger partial charge is 0.482 e. The lowest BCUT2D eigenvalue weighted by Gasteiger charge is -2.31. The van der Waals surface area contributed by atoms with Crippen LogP contribution in [0.4, 0.5) is 0 Å². The van der Waals surface area contributed by atoms with Crippen molar-refractivity contribution in [2.75, 3.05) is 26.7 Å². The molecular formula is C29H34N6O2. The van der Waals surface area contributed by atoms with Gasteiger partial charge in [-0.2, -0.15) is 0 Å². The molecule has 1 aliphatic carbocycles. The molecule has 3 fully saturated rings. The zero-order valence-electron chi connectivity index (χ0n) is 21.8. The van der Waals surface area contributed by atoms with Crippen molar-refractivity contribution in [3.8, 4) is 17.3 Å². The van der Waals surface area contributed by atoms with E-state index in [2.05, 4.69) is 41.9 Å². The van der Waals surface area contributed by atoms with Gasteiger partial charge in [0.15, 0.2) is 5.88 Å². The molecule has 2 aliphatic heterocycles. The Bertz CT molecular complexity index is 1520. The number of imidazole rings is 1. The van der Waals surface area contributed by atoms with E-state index in [4.69, 9.17) is 14.7 Å². The summed E-state index contributed by atoms with van der Waals surface area (Å²) >= 11 is 0. The second-order valence-corrected chi connectivity index (χ2v) is 11.1. The summed E-state index contributed by atoms with van der Waals surface area (Å²) in [4.78, 5) is 25.6. The van der Waals surface area contributed by atoms with E-state index in [9.17, 15) is 4.79 Å². The summed E-state index contributed by atoms with van der Waals surface area (Å²) in [6, 6.07) is 10.7. The summed E-state index contributed by atoms with van der Waals surface area (Å²) in [6.07, 6.45) is 4.61. The van der Waals surface area contributed by atoms with Crippen LogP contribution < -0.4 is 10.1 Å². The first-order valence-electron chi connectivity index (χ1n) is 13.6. The van der Waals surface area contributed by atoms with E-state index >= 15 is 0 Å². The molecule has 4 aromatic rings. The van der Waals surface area contributed by atoms with Crippen LogP contribution in [0.5, 0.6) is 5.88 Å². The van der Waals surface area contributed by atoms with Gasteiger partial charge in [-0.1, -0.05) is 6.92 Å². The number of hydrogen-bond acceptors (Lipinski definition) is 5.